The number of fused-ring (bicyclic) bond motifs is 2. The SMILES string of the molecule is Cc1c(C(=O)Nc2cccc3ccccc23)oc2c(Cl)cccc12. The van der Waals surface area contributed by atoms with E-state index in [0.717, 1.165) is 27.4 Å². The number of halogens is 1. The van der Waals surface area contributed by atoms with E-state index in [-0.39, 0.29) is 11.7 Å². The molecule has 0 saturated carbocycles. The van der Waals surface area contributed by atoms with Crippen molar-refractivity contribution < 1.29 is 9.21 Å². The van der Waals surface area contributed by atoms with Crippen LogP contribution in [0.1, 0.15) is 16.1 Å². The predicted octanol–water partition coefficient (Wildman–Crippen LogP) is 5.80. The molecule has 118 valence electrons. The average Bonchev–Trinajstić information content (AvgIpc) is 2.94. The summed E-state index contributed by atoms with van der Waals surface area (Å²) in [6, 6.07) is 19.2. The fourth-order valence-corrected chi connectivity index (χ4v) is 3.15. The van der Waals surface area contributed by atoms with E-state index in [1.54, 1.807) is 6.07 Å². The summed E-state index contributed by atoms with van der Waals surface area (Å²) in [7, 11) is 0. The molecule has 0 saturated heterocycles. The number of furan rings is 1. The fraction of sp³-hybridized carbons (Fsp3) is 0.0500. The van der Waals surface area contributed by atoms with Crippen molar-refractivity contribution in [3.8, 4) is 0 Å². The number of carbonyl (C=O) groups excluding carboxylic acids is 1. The third kappa shape index (κ3) is 2.34. The monoisotopic (exact) mass is 335 g/mol. The van der Waals surface area contributed by atoms with Gasteiger partial charge >= 0.3 is 0 Å². The van der Waals surface area contributed by atoms with Gasteiger partial charge in [0.25, 0.3) is 5.91 Å². The normalized spacial score (nSPS) is 11.1. The van der Waals surface area contributed by atoms with Crippen molar-refractivity contribution in [2.75, 3.05) is 5.32 Å². The van der Waals surface area contributed by atoms with Crippen LogP contribution in [0.3, 0.4) is 0 Å². The van der Waals surface area contributed by atoms with Crippen LogP contribution in [0.15, 0.2) is 65.1 Å². The Balaban J connectivity index is 1.77. The molecule has 1 aromatic heterocycles. The number of rotatable bonds is 2. The molecule has 0 radical (unpaired) electrons. The molecule has 1 heterocycles. The maximum absolute atomic E-state index is 12.7. The van der Waals surface area contributed by atoms with Crippen LogP contribution in [-0.2, 0) is 0 Å². The Morgan fingerprint density at radius 3 is 2.50 bits per heavy atom. The highest BCUT2D eigenvalue weighted by molar-refractivity contribution is 6.35. The van der Waals surface area contributed by atoms with Gasteiger partial charge in [0.05, 0.1) is 5.02 Å². The molecule has 0 aliphatic heterocycles. The molecule has 0 aliphatic rings. The molecule has 24 heavy (non-hydrogen) atoms. The summed E-state index contributed by atoms with van der Waals surface area (Å²) in [5.41, 5.74) is 2.08. The summed E-state index contributed by atoms with van der Waals surface area (Å²) in [5.74, 6) is 0.00199. The van der Waals surface area contributed by atoms with Gasteiger partial charge in [0.1, 0.15) is 0 Å². The topological polar surface area (TPSA) is 42.2 Å². The number of hydrogen-bond acceptors (Lipinski definition) is 2. The van der Waals surface area contributed by atoms with Crippen molar-refractivity contribution in [1.29, 1.82) is 0 Å². The molecule has 0 bridgehead atoms. The number of carbonyl (C=O) groups is 1. The van der Waals surface area contributed by atoms with Crippen molar-refractivity contribution in [2.24, 2.45) is 0 Å². The number of para-hydroxylation sites is 1. The van der Waals surface area contributed by atoms with Gasteiger partial charge in [-0.15, -0.1) is 0 Å². The molecule has 3 nitrogen and oxygen atoms in total. The number of anilines is 1. The summed E-state index contributed by atoms with van der Waals surface area (Å²) in [4.78, 5) is 12.7. The minimum absolute atomic E-state index is 0.281. The number of hydrogen-bond donors (Lipinski definition) is 1. The maximum Gasteiger partial charge on any atom is 0.291 e. The van der Waals surface area contributed by atoms with E-state index >= 15 is 0 Å². The van der Waals surface area contributed by atoms with Crippen LogP contribution in [0.4, 0.5) is 5.69 Å². The highest BCUT2D eigenvalue weighted by Gasteiger charge is 2.19. The molecule has 4 aromatic rings. The summed E-state index contributed by atoms with van der Waals surface area (Å²) < 4.78 is 5.73. The summed E-state index contributed by atoms with van der Waals surface area (Å²) in [5, 5.41) is 6.35. The molecule has 3 aromatic carbocycles. The number of nitrogens with one attached hydrogen (secondary N) is 1. The zero-order chi connectivity index (χ0) is 16.7. The van der Waals surface area contributed by atoms with Crippen molar-refractivity contribution in [3.05, 3.63) is 77.0 Å². The summed E-state index contributed by atoms with van der Waals surface area (Å²) in [6.07, 6.45) is 0. The van der Waals surface area contributed by atoms with Gasteiger partial charge in [-0.2, -0.15) is 0 Å². The molecule has 0 unspecified atom stereocenters. The Kier molecular flexibility index (Phi) is 3.51. The zero-order valence-corrected chi connectivity index (χ0v) is 13.7. The molecule has 0 atom stereocenters. The van der Waals surface area contributed by atoms with E-state index < -0.39 is 0 Å². The molecular weight excluding hydrogens is 322 g/mol. The van der Waals surface area contributed by atoms with Crippen molar-refractivity contribution in [3.63, 3.8) is 0 Å². The number of benzene rings is 3. The van der Waals surface area contributed by atoms with E-state index in [9.17, 15) is 4.79 Å². The largest absolute Gasteiger partial charge is 0.449 e. The zero-order valence-electron chi connectivity index (χ0n) is 13.0. The Morgan fingerprint density at radius 2 is 1.67 bits per heavy atom. The molecule has 1 N–H and O–H groups in total. The fourth-order valence-electron chi connectivity index (χ4n) is 2.94. The van der Waals surface area contributed by atoms with E-state index in [1.165, 1.54) is 0 Å². The highest BCUT2D eigenvalue weighted by atomic mass is 35.5. The molecule has 0 spiro atoms. The smallest absolute Gasteiger partial charge is 0.291 e. The van der Waals surface area contributed by atoms with Crippen LogP contribution < -0.4 is 5.32 Å². The Hall–Kier alpha value is -2.78. The number of amides is 1. The van der Waals surface area contributed by atoms with Crippen LogP contribution in [-0.4, -0.2) is 5.91 Å². The Labute approximate surface area is 143 Å². The average molecular weight is 336 g/mol. The molecule has 0 aliphatic carbocycles. The van der Waals surface area contributed by atoms with Gasteiger partial charge in [-0.3, -0.25) is 4.79 Å². The van der Waals surface area contributed by atoms with Crippen LogP contribution in [0, 0.1) is 6.92 Å². The van der Waals surface area contributed by atoms with Gasteiger partial charge in [0, 0.05) is 22.0 Å². The van der Waals surface area contributed by atoms with Gasteiger partial charge in [-0.25, -0.2) is 0 Å². The minimum atomic E-state index is -0.281. The first-order valence-electron chi connectivity index (χ1n) is 7.62. The van der Waals surface area contributed by atoms with Crippen LogP contribution in [0.2, 0.25) is 5.02 Å². The lowest BCUT2D eigenvalue weighted by Gasteiger charge is -2.07. The van der Waals surface area contributed by atoms with Gasteiger partial charge in [-0.1, -0.05) is 60.1 Å². The van der Waals surface area contributed by atoms with Gasteiger partial charge < -0.3 is 9.73 Å². The Bertz CT molecular complexity index is 1080. The first kappa shape index (κ1) is 14.8. The van der Waals surface area contributed by atoms with Gasteiger partial charge in [-0.05, 0) is 24.4 Å². The van der Waals surface area contributed by atoms with E-state index in [0.29, 0.717) is 10.6 Å². The molecule has 4 rings (SSSR count). The van der Waals surface area contributed by atoms with Crippen molar-refractivity contribution >= 4 is 44.9 Å². The van der Waals surface area contributed by atoms with Crippen LogP contribution in [0.5, 0.6) is 0 Å². The van der Waals surface area contributed by atoms with Crippen LogP contribution in [0.25, 0.3) is 21.7 Å². The predicted molar refractivity (Wildman–Crippen MR) is 97.9 cm³/mol. The quantitative estimate of drug-likeness (QED) is 0.503. The lowest BCUT2D eigenvalue weighted by molar-refractivity contribution is 0.0998. The molecule has 4 heteroatoms. The lowest BCUT2D eigenvalue weighted by atomic mass is 10.1. The second kappa shape index (κ2) is 5.69. The standard InChI is InChI=1S/C20H14ClNO2/c1-12-14-9-5-10-16(21)19(14)24-18(12)20(23)22-17-11-4-7-13-6-2-3-8-15(13)17/h2-11H,1H3,(H,22,23). The summed E-state index contributed by atoms with van der Waals surface area (Å²) >= 11 is 6.16. The maximum atomic E-state index is 12.7. The Morgan fingerprint density at radius 1 is 0.958 bits per heavy atom. The van der Waals surface area contributed by atoms with Gasteiger partial charge in [0.2, 0.25) is 0 Å². The molecule has 1 amide bonds. The van der Waals surface area contributed by atoms with E-state index in [4.69, 9.17) is 16.0 Å². The molecule has 0 fully saturated rings. The molecular formula is C20H14ClNO2. The van der Waals surface area contributed by atoms with E-state index in [2.05, 4.69) is 5.32 Å². The number of aryl methyl sites for hydroxylation is 1. The second-order valence-electron chi connectivity index (χ2n) is 5.65. The van der Waals surface area contributed by atoms with Crippen molar-refractivity contribution in [2.45, 2.75) is 6.92 Å². The van der Waals surface area contributed by atoms with Crippen molar-refractivity contribution in [1.82, 2.24) is 0 Å². The lowest BCUT2D eigenvalue weighted by Crippen LogP contribution is -2.12. The third-order valence-electron chi connectivity index (χ3n) is 4.16. The third-order valence-corrected chi connectivity index (χ3v) is 4.46. The second-order valence-corrected chi connectivity index (χ2v) is 6.06. The highest BCUT2D eigenvalue weighted by Crippen LogP contribution is 2.31. The van der Waals surface area contributed by atoms with E-state index in [1.807, 2.05) is 61.5 Å². The van der Waals surface area contributed by atoms with Crippen LogP contribution >= 0.6 is 11.6 Å². The first-order chi connectivity index (χ1) is 11.6. The minimum Gasteiger partial charge on any atom is -0.449 e. The first-order valence-corrected chi connectivity index (χ1v) is 7.99. The van der Waals surface area contributed by atoms with Gasteiger partial charge in [0.15, 0.2) is 11.3 Å². The summed E-state index contributed by atoms with van der Waals surface area (Å²) in [6.45, 7) is 1.86.